The third-order valence-electron chi connectivity index (χ3n) is 4.50. The zero-order valence-electron chi connectivity index (χ0n) is 12.9. The lowest BCUT2D eigenvalue weighted by atomic mass is 9.88. The number of aryl methyl sites for hydroxylation is 1. The summed E-state index contributed by atoms with van der Waals surface area (Å²) in [6, 6.07) is 8.33. The van der Waals surface area contributed by atoms with Gasteiger partial charge < -0.3 is 10.2 Å². The Morgan fingerprint density at radius 3 is 2.86 bits per heavy atom. The number of thioether (sulfide) groups is 1. The van der Waals surface area contributed by atoms with E-state index < -0.39 is 0 Å². The number of nitrogens with zero attached hydrogens (tertiary/aromatic N) is 1. The molecule has 118 valence electrons. The van der Waals surface area contributed by atoms with Gasteiger partial charge in [-0.1, -0.05) is 31.2 Å². The molecule has 1 heterocycles. The van der Waals surface area contributed by atoms with Crippen LogP contribution in [0.3, 0.4) is 0 Å². The highest BCUT2D eigenvalue weighted by atomic mass is 32.2. The van der Waals surface area contributed by atoms with E-state index in [1.165, 1.54) is 11.1 Å². The van der Waals surface area contributed by atoms with Crippen molar-refractivity contribution in [2.45, 2.75) is 44.7 Å². The quantitative estimate of drug-likeness (QED) is 0.927. The maximum absolute atomic E-state index is 12.5. The van der Waals surface area contributed by atoms with Gasteiger partial charge in [-0.2, -0.15) is 0 Å². The predicted molar refractivity (Wildman–Crippen MR) is 88.6 cm³/mol. The minimum absolute atomic E-state index is 0.0104. The van der Waals surface area contributed by atoms with E-state index in [9.17, 15) is 9.59 Å². The third-order valence-corrected chi connectivity index (χ3v) is 5.51. The SMILES string of the molecule is CCC(=O)N1CSC[C@H]1C(=O)N[C@H]1CCc2ccccc2C1. The van der Waals surface area contributed by atoms with Gasteiger partial charge >= 0.3 is 0 Å². The van der Waals surface area contributed by atoms with Crippen molar-refractivity contribution in [3.05, 3.63) is 35.4 Å². The molecule has 0 radical (unpaired) electrons. The molecule has 1 saturated heterocycles. The largest absolute Gasteiger partial charge is 0.351 e. The van der Waals surface area contributed by atoms with E-state index in [0.29, 0.717) is 18.1 Å². The van der Waals surface area contributed by atoms with E-state index in [4.69, 9.17) is 0 Å². The molecule has 0 spiro atoms. The molecule has 22 heavy (non-hydrogen) atoms. The summed E-state index contributed by atoms with van der Waals surface area (Å²) in [7, 11) is 0. The number of amides is 2. The smallest absolute Gasteiger partial charge is 0.243 e. The number of benzene rings is 1. The second-order valence-corrected chi connectivity index (χ2v) is 6.95. The van der Waals surface area contributed by atoms with Gasteiger partial charge in [-0.3, -0.25) is 9.59 Å². The Bertz CT molecular complexity index is 576. The van der Waals surface area contributed by atoms with Crippen molar-refractivity contribution in [2.75, 3.05) is 11.6 Å². The molecular weight excluding hydrogens is 296 g/mol. The monoisotopic (exact) mass is 318 g/mol. The predicted octanol–water partition coefficient (Wildman–Crippen LogP) is 1.97. The van der Waals surface area contributed by atoms with Crippen molar-refractivity contribution >= 4 is 23.6 Å². The molecule has 0 bridgehead atoms. The first-order valence-corrected chi connectivity index (χ1v) is 9.09. The molecule has 1 aliphatic heterocycles. The summed E-state index contributed by atoms with van der Waals surface area (Å²) in [5.41, 5.74) is 2.73. The first-order valence-electron chi connectivity index (χ1n) is 7.93. The fourth-order valence-corrected chi connectivity index (χ4v) is 4.41. The molecule has 4 nitrogen and oxygen atoms in total. The number of hydrogen-bond acceptors (Lipinski definition) is 3. The molecule has 1 aliphatic carbocycles. The standard InChI is InChI=1S/C17H22N2O2S/c1-2-16(20)19-11-22-10-15(19)17(21)18-14-8-7-12-5-3-4-6-13(12)9-14/h3-6,14-15H,2,7-11H2,1H3,(H,18,21)/t14-,15-/m0/s1. The van der Waals surface area contributed by atoms with Crippen LogP contribution in [0, 0.1) is 0 Å². The van der Waals surface area contributed by atoms with Crippen LogP contribution in [0.5, 0.6) is 0 Å². The number of hydrogen-bond donors (Lipinski definition) is 1. The highest BCUT2D eigenvalue weighted by Gasteiger charge is 2.35. The van der Waals surface area contributed by atoms with Crippen LogP contribution < -0.4 is 5.32 Å². The maximum atomic E-state index is 12.5. The molecule has 2 atom stereocenters. The number of carbonyl (C=O) groups excluding carboxylic acids is 2. The Labute approximate surface area is 135 Å². The summed E-state index contributed by atoms with van der Waals surface area (Å²) in [6.45, 7) is 1.85. The fourth-order valence-electron chi connectivity index (χ4n) is 3.23. The molecule has 3 rings (SSSR count). The van der Waals surface area contributed by atoms with Crippen LogP contribution >= 0.6 is 11.8 Å². The van der Waals surface area contributed by atoms with Crippen molar-refractivity contribution in [3.63, 3.8) is 0 Å². The molecule has 2 amide bonds. The Kier molecular flexibility index (Phi) is 4.71. The summed E-state index contributed by atoms with van der Waals surface area (Å²) >= 11 is 1.66. The van der Waals surface area contributed by atoms with E-state index in [1.807, 2.05) is 6.92 Å². The molecule has 1 aromatic carbocycles. The lowest BCUT2D eigenvalue weighted by molar-refractivity contribution is -0.138. The van der Waals surface area contributed by atoms with Gasteiger partial charge in [-0.15, -0.1) is 11.8 Å². The van der Waals surface area contributed by atoms with E-state index in [0.717, 1.165) is 19.3 Å². The van der Waals surface area contributed by atoms with E-state index >= 15 is 0 Å². The summed E-state index contributed by atoms with van der Waals surface area (Å²) < 4.78 is 0. The third kappa shape index (κ3) is 3.14. The topological polar surface area (TPSA) is 49.4 Å². The van der Waals surface area contributed by atoms with Gasteiger partial charge in [-0.05, 0) is 30.4 Å². The molecule has 1 fully saturated rings. The minimum atomic E-state index is -0.297. The van der Waals surface area contributed by atoms with Gasteiger partial charge in [0.05, 0.1) is 5.88 Å². The Hall–Kier alpha value is -1.49. The summed E-state index contributed by atoms with van der Waals surface area (Å²) in [4.78, 5) is 26.2. The van der Waals surface area contributed by atoms with Crippen LogP contribution in [0.4, 0.5) is 0 Å². The molecule has 0 saturated carbocycles. The van der Waals surface area contributed by atoms with E-state index in [2.05, 4.69) is 29.6 Å². The zero-order valence-corrected chi connectivity index (χ0v) is 13.7. The summed E-state index contributed by atoms with van der Waals surface area (Å²) in [6.07, 6.45) is 3.34. The van der Waals surface area contributed by atoms with Crippen molar-refractivity contribution in [2.24, 2.45) is 0 Å². The van der Waals surface area contributed by atoms with Gasteiger partial charge in [0.25, 0.3) is 0 Å². The molecule has 2 aliphatic rings. The minimum Gasteiger partial charge on any atom is -0.351 e. The Morgan fingerprint density at radius 1 is 1.32 bits per heavy atom. The van der Waals surface area contributed by atoms with E-state index in [1.54, 1.807) is 16.7 Å². The maximum Gasteiger partial charge on any atom is 0.243 e. The van der Waals surface area contributed by atoms with Gasteiger partial charge in [0, 0.05) is 18.2 Å². The van der Waals surface area contributed by atoms with Crippen LogP contribution in [0.15, 0.2) is 24.3 Å². The molecule has 1 aromatic rings. The first kappa shape index (κ1) is 15.4. The van der Waals surface area contributed by atoms with Crippen molar-refractivity contribution in [1.29, 1.82) is 0 Å². The average molecular weight is 318 g/mol. The van der Waals surface area contributed by atoms with Crippen LogP contribution in [-0.4, -0.2) is 40.4 Å². The van der Waals surface area contributed by atoms with Gasteiger partial charge in [-0.25, -0.2) is 0 Å². The van der Waals surface area contributed by atoms with Crippen molar-refractivity contribution < 1.29 is 9.59 Å². The normalized spacial score (nSPS) is 24.0. The zero-order chi connectivity index (χ0) is 15.5. The highest BCUT2D eigenvalue weighted by Crippen LogP contribution is 2.24. The van der Waals surface area contributed by atoms with Crippen LogP contribution in [0.25, 0.3) is 0 Å². The molecule has 0 unspecified atom stereocenters. The lowest BCUT2D eigenvalue weighted by Crippen LogP contribution is -2.50. The van der Waals surface area contributed by atoms with Gasteiger partial charge in [0.1, 0.15) is 6.04 Å². The second-order valence-electron chi connectivity index (χ2n) is 5.95. The second kappa shape index (κ2) is 6.73. The molecule has 5 heteroatoms. The van der Waals surface area contributed by atoms with Gasteiger partial charge in [0.2, 0.25) is 11.8 Å². The van der Waals surface area contributed by atoms with E-state index in [-0.39, 0.29) is 23.9 Å². The fraction of sp³-hybridized carbons (Fsp3) is 0.529. The Morgan fingerprint density at radius 2 is 2.09 bits per heavy atom. The Balaban J connectivity index is 1.62. The van der Waals surface area contributed by atoms with Crippen molar-refractivity contribution in [1.82, 2.24) is 10.2 Å². The van der Waals surface area contributed by atoms with Crippen LogP contribution in [0.1, 0.15) is 30.9 Å². The number of fused-ring (bicyclic) bond motifs is 1. The van der Waals surface area contributed by atoms with Crippen molar-refractivity contribution in [3.8, 4) is 0 Å². The van der Waals surface area contributed by atoms with Crippen LogP contribution in [0.2, 0.25) is 0 Å². The summed E-state index contributed by atoms with van der Waals surface area (Å²) in [5.74, 6) is 1.43. The molecule has 0 aromatic heterocycles. The number of rotatable bonds is 3. The summed E-state index contributed by atoms with van der Waals surface area (Å²) in [5, 5.41) is 3.16. The lowest BCUT2D eigenvalue weighted by Gasteiger charge is -2.28. The first-order chi connectivity index (χ1) is 10.7. The highest BCUT2D eigenvalue weighted by molar-refractivity contribution is 7.99. The van der Waals surface area contributed by atoms with Gasteiger partial charge in [0.15, 0.2) is 0 Å². The number of carbonyl (C=O) groups is 2. The molecule has 1 N–H and O–H groups in total. The molecular formula is C17H22N2O2S. The average Bonchev–Trinajstić information content (AvgIpc) is 3.03. The number of nitrogens with one attached hydrogen (secondary N) is 1. The van der Waals surface area contributed by atoms with Crippen LogP contribution in [-0.2, 0) is 22.4 Å².